The van der Waals surface area contributed by atoms with Crippen LogP contribution in [0.1, 0.15) is 19.2 Å². The number of nitrogens with zero attached hydrogens (tertiary/aromatic N) is 2. The van der Waals surface area contributed by atoms with E-state index in [-0.39, 0.29) is 29.6 Å². The van der Waals surface area contributed by atoms with Crippen LogP contribution in [0.25, 0.3) is 11.5 Å². The monoisotopic (exact) mass is 250 g/mol. The summed E-state index contributed by atoms with van der Waals surface area (Å²) < 4.78 is 10.3. The normalized spacial score (nSPS) is 10.7. The Kier molecular flexibility index (Phi) is 3.78. The molecule has 0 aliphatic heterocycles. The van der Waals surface area contributed by atoms with E-state index in [9.17, 15) is 10.2 Å². The van der Waals surface area contributed by atoms with Gasteiger partial charge in [-0.3, -0.25) is 0 Å². The highest BCUT2D eigenvalue weighted by Crippen LogP contribution is 2.35. The largest absolute Gasteiger partial charge is 0.507 e. The number of rotatable bonds is 5. The summed E-state index contributed by atoms with van der Waals surface area (Å²) in [6.45, 7) is 2.86. The van der Waals surface area contributed by atoms with Gasteiger partial charge in [0.1, 0.15) is 23.7 Å². The summed E-state index contributed by atoms with van der Waals surface area (Å²) in [5.74, 6) is 0.223. The molecule has 0 atom stereocenters. The molecule has 18 heavy (non-hydrogen) atoms. The molecule has 0 amide bonds. The lowest BCUT2D eigenvalue weighted by Crippen LogP contribution is -1.95. The first kappa shape index (κ1) is 12.4. The van der Waals surface area contributed by atoms with Crippen LogP contribution in [-0.2, 0) is 11.3 Å². The Hall–Kier alpha value is -2.08. The molecule has 1 aromatic carbocycles. The Morgan fingerprint density at radius 3 is 2.67 bits per heavy atom. The van der Waals surface area contributed by atoms with Crippen LogP contribution in [0.15, 0.2) is 22.7 Å². The second kappa shape index (κ2) is 5.50. The van der Waals surface area contributed by atoms with Crippen LogP contribution in [0.5, 0.6) is 11.5 Å². The van der Waals surface area contributed by atoms with E-state index >= 15 is 0 Å². The fourth-order valence-electron chi connectivity index (χ4n) is 1.47. The fourth-order valence-corrected chi connectivity index (χ4v) is 1.47. The smallest absolute Gasteiger partial charge is 0.265 e. The average Bonchev–Trinajstić information content (AvgIpc) is 2.78. The number of hydrogen-bond donors (Lipinski definition) is 2. The highest BCUT2D eigenvalue weighted by Gasteiger charge is 2.16. The fraction of sp³-hybridized carbons (Fsp3) is 0.333. The van der Waals surface area contributed by atoms with E-state index in [4.69, 9.17) is 9.26 Å². The van der Waals surface area contributed by atoms with E-state index in [1.807, 2.05) is 6.92 Å². The molecule has 0 aliphatic rings. The maximum absolute atomic E-state index is 9.65. The predicted molar refractivity (Wildman–Crippen MR) is 63.0 cm³/mol. The third kappa shape index (κ3) is 2.60. The summed E-state index contributed by atoms with van der Waals surface area (Å²) >= 11 is 0. The Balaban J connectivity index is 2.19. The molecule has 0 aliphatic carbocycles. The number of hydrogen-bond acceptors (Lipinski definition) is 6. The van der Waals surface area contributed by atoms with Gasteiger partial charge in [0.25, 0.3) is 5.89 Å². The quantitative estimate of drug-likeness (QED) is 0.790. The molecule has 1 aromatic heterocycles. The van der Waals surface area contributed by atoms with Gasteiger partial charge in [0.15, 0.2) is 5.82 Å². The van der Waals surface area contributed by atoms with Crippen LogP contribution >= 0.6 is 0 Å². The first-order valence-electron chi connectivity index (χ1n) is 5.64. The highest BCUT2D eigenvalue weighted by molar-refractivity contribution is 5.69. The van der Waals surface area contributed by atoms with Gasteiger partial charge >= 0.3 is 0 Å². The van der Waals surface area contributed by atoms with Crippen molar-refractivity contribution in [2.75, 3.05) is 6.61 Å². The topological polar surface area (TPSA) is 88.6 Å². The molecule has 0 saturated heterocycles. The molecule has 6 nitrogen and oxygen atoms in total. The van der Waals surface area contributed by atoms with Gasteiger partial charge in [0.05, 0.1) is 0 Å². The van der Waals surface area contributed by atoms with E-state index in [0.717, 1.165) is 6.42 Å². The SMILES string of the molecule is CCCOCc1noc(-c2c(O)cccc2O)n1. The van der Waals surface area contributed by atoms with Crippen LogP contribution < -0.4 is 0 Å². The number of benzene rings is 1. The third-order valence-electron chi connectivity index (χ3n) is 2.28. The standard InChI is InChI=1S/C12H14N2O4/c1-2-6-17-7-10-13-12(18-14-10)11-8(15)4-3-5-9(11)16/h3-5,15-16H,2,6-7H2,1H3. The molecular weight excluding hydrogens is 236 g/mol. The first-order chi connectivity index (χ1) is 8.72. The minimum absolute atomic E-state index is 0.0701. The third-order valence-corrected chi connectivity index (χ3v) is 2.28. The number of aromatic hydroxyl groups is 2. The molecule has 0 unspecified atom stereocenters. The van der Waals surface area contributed by atoms with Crippen molar-refractivity contribution in [1.82, 2.24) is 10.1 Å². The minimum atomic E-state index is -0.111. The van der Waals surface area contributed by atoms with Crippen molar-refractivity contribution in [1.29, 1.82) is 0 Å². The van der Waals surface area contributed by atoms with Gasteiger partial charge in [-0.05, 0) is 18.6 Å². The van der Waals surface area contributed by atoms with Crippen molar-refractivity contribution >= 4 is 0 Å². The summed E-state index contributed by atoms with van der Waals surface area (Å²) in [5.41, 5.74) is 0.131. The van der Waals surface area contributed by atoms with Crippen molar-refractivity contribution in [3.63, 3.8) is 0 Å². The zero-order valence-electron chi connectivity index (χ0n) is 9.96. The van der Waals surface area contributed by atoms with Crippen LogP contribution in [0.4, 0.5) is 0 Å². The summed E-state index contributed by atoms with van der Waals surface area (Å²) in [5, 5.41) is 23.0. The number of aromatic nitrogens is 2. The second-order valence-corrected chi connectivity index (χ2v) is 3.74. The molecule has 0 saturated carbocycles. The molecule has 1 heterocycles. The van der Waals surface area contributed by atoms with E-state index < -0.39 is 0 Å². The average molecular weight is 250 g/mol. The molecule has 6 heteroatoms. The molecule has 0 bridgehead atoms. The van der Waals surface area contributed by atoms with Gasteiger partial charge in [0, 0.05) is 6.61 Å². The van der Waals surface area contributed by atoms with Gasteiger partial charge in [-0.15, -0.1) is 0 Å². The first-order valence-corrected chi connectivity index (χ1v) is 5.64. The van der Waals surface area contributed by atoms with Gasteiger partial charge < -0.3 is 19.5 Å². The van der Waals surface area contributed by atoms with Crippen molar-refractivity contribution < 1.29 is 19.5 Å². The van der Waals surface area contributed by atoms with Gasteiger partial charge in [-0.2, -0.15) is 4.98 Å². The summed E-state index contributed by atoms with van der Waals surface area (Å²) in [7, 11) is 0. The molecule has 96 valence electrons. The number of phenolic OH excluding ortho intramolecular Hbond substituents is 2. The molecule has 2 aromatic rings. The maximum atomic E-state index is 9.65. The van der Waals surface area contributed by atoms with E-state index in [1.165, 1.54) is 18.2 Å². The maximum Gasteiger partial charge on any atom is 0.265 e. The highest BCUT2D eigenvalue weighted by atomic mass is 16.5. The van der Waals surface area contributed by atoms with Crippen LogP contribution in [0, 0.1) is 0 Å². The Bertz CT molecular complexity index is 504. The second-order valence-electron chi connectivity index (χ2n) is 3.74. The lowest BCUT2D eigenvalue weighted by molar-refractivity contribution is 0.114. The van der Waals surface area contributed by atoms with Crippen LogP contribution in [0.2, 0.25) is 0 Å². The van der Waals surface area contributed by atoms with Crippen molar-refractivity contribution in [3.05, 3.63) is 24.0 Å². The number of phenols is 2. The van der Waals surface area contributed by atoms with Gasteiger partial charge in [-0.25, -0.2) is 0 Å². The van der Waals surface area contributed by atoms with Crippen molar-refractivity contribution in [3.8, 4) is 23.0 Å². The lowest BCUT2D eigenvalue weighted by Gasteiger charge is -2.01. The van der Waals surface area contributed by atoms with Gasteiger partial charge in [0.2, 0.25) is 0 Å². The van der Waals surface area contributed by atoms with Crippen LogP contribution in [0.3, 0.4) is 0 Å². The summed E-state index contributed by atoms with van der Waals surface area (Å²) in [4.78, 5) is 4.05. The molecule has 0 spiro atoms. The van der Waals surface area contributed by atoms with E-state index in [1.54, 1.807) is 0 Å². The zero-order chi connectivity index (χ0) is 13.0. The Morgan fingerprint density at radius 2 is 2.00 bits per heavy atom. The van der Waals surface area contributed by atoms with Crippen LogP contribution in [-0.4, -0.2) is 27.0 Å². The summed E-state index contributed by atoms with van der Waals surface area (Å²) in [6.07, 6.45) is 0.908. The van der Waals surface area contributed by atoms with Crippen molar-refractivity contribution in [2.24, 2.45) is 0 Å². The molecule has 0 fully saturated rings. The number of ether oxygens (including phenoxy) is 1. The van der Waals surface area contributed by atoms with Crippen molar-refractivity contribution in [2.45, 2.75) is 20.0 Å². The van der Waals surface area contributed by atoms with Gasteiger partial charge in [-0.1, -0.05) is 18.1 Å². The Morgan fingerprint density at radius 1 is 1.28 bits per heavy atom. The van der Waals surface area contributed by atoms with E-state index in [2.05, 4.69) is 10.1 Å². The molecular formula is C12H14N2O4. The van der Waals surface area contributed by atoms with E-state index in [0.29, 0.717) is 12.4 Å². The Labute approximate surface area is 104 Å². The lowest BCUT2D eigenvalue weighted by atomic mass is 10.2. The molecule has 2 rings (SSSR count). The predicted octanol–water partition coefficient (Wildman–Crippen LogP) is 2.07. The molecule has 0 radical (unpaired) electrons. The molecule has 2 N–H and O–H groups in total. The minimum Gasteiger partial charge on any atom is -0.507 e. The zero-order valence-corrected chi connectivity index (χ0v) is 9.96. The summed E-state index contributed by atoms with van der Waals surface area (Å²) in [6, 6.07) is 4.40.